The van der Waals surface area contributed by atoms with E-state index >= 15 is 0 Å². The highest BCUT2D eigenvalue weighted by Gasteiger charge is 2.38. The molecule has 0 amide bonds. The fraction of sp³-hybridized carbons (Fsp3) is 0.538. The third kappa shape index (κ3) is 3.54. The Bertz CT molecular complexity index is 525. The second-order valence-electron chi connectivity index (χ2n) is 6.77. The highest BCUT2D eigenvalue weighted by atomic mass is 28.4. The van der Waals surface area contributed by atoms with E-state index in [2.05, 4.69) is 23.9 Å². The van der Waals surface area contributed by atoms with Crippen molar-refractivity contribution in [2.45, 2.75) is 38.8 Å². The lowest BCUT2D eigenvalue weighted by Crippen LogP contribution is -2.59. The SMILES string of the molecule is CN([Si](C)(C)C)[Si](C)(C)Cc1c(F)c(F)c(F)c(F)c1F. The number of rotatable bonds is 4. The third-order valence-corrected chi connectivity index (χ3v) is 12.7. The molecule has 0 saturated heterocycles. The lowest BCUT2D eigenvalue weighted by Gasteiger charge is -2.42. The normalized spacial score (nSPS) is 13.1. The van der Waals surface area contributed by atoms with Crippen molar-refractivity contribution in [1.29, 1.82) is 0 Å². The minimum absolute atomic E-state index is 0.125. The molecule has 0 N–H and O–H groups in total. The summed E-state index contributed by atoms with van der Waals surface area (Å²) in [6.45, 7) is 9.94. The average Bonchev–Trinajstić information content (AvgIpc) is 2.37. The minimum Gasteiger partial charge on any atom is -0.348 e. The van der Waals surface area contributed by atoms with Gasteiger partial charge in [-0.3, -0.25) is 0 Å². The van der Waals surface area contributed by atoms with Gasteiger partial charge in [-0.2, -0.15) is 0 Å². The van der Waals surface area contributed by atoms with Crippen molar-refractivity contribution in [3.8, 4) is 0 Å². The first kappa shape index (κ1) is 18.3. The fourth-order valence-electron chi connectivity index (χ4n) is 2.26. The van der Waals surface area contributed by atoms with E-state index in [4.69, 9.17) is 0 Å². The average molecular weight is 341 g/mol. The molecule has 0 unspecified atom stereocenters. The van der Waals surface area contributed by atoms with Gasteiger partial charge in [-0.15, -0.1) is 0 Å². The molecule has 1 aromatic rings. The molecule has 0 atom stereocenters. The number of hydrogen-bond donors (Lipinski definition) is 0. The van der Waals surface area contributed by atoms with Gasteiger partial charge in [0, 0.05) is 5.56 Å². The van der Waals surface area contributed by atoms with Crippen molar-refractivity contribution in [3.05, 3.63) is 34.6 Å². The summed E-state index contributed by atoms with van der Waals surface area (Å²) < 4.78 is 69.3. The molecular weight excluding hydrogens is 321 g/mol. The molecule has 0 bridgehead atoms. The molecule has 0 radical (unpaired) electrons. The molecule has 0 aromatic heterocycles. The first-order chi connectivity index (χ1) is 9.30. The van der Waals surface area contributed by atoms with Crippen molar-refractivity contribution < 1.29 is 22.0 Å². The molecule has 21 heavy (non-hydrogen) atoms. The van der Waals surface area contributed by atoms with E-state index in [0.717, 1.165) is 0 Å². The van der Waals surface area contributed by atoms with Crippen molar-refractivity contribution in [2.75, 3.05) is 7.05 Å². The van der Waals surface area contributed by atoms with Crippen LogP contribution in [0.2, 0.25) is 32.7 Å². The number of hydrogen-bond acceptors (Lipinski definition) is 1. The number of nitrogens with zero attached hydrogens (tertiary/aromatic N) is 1. The smallest absolute Gasteiger partial charge is 0.200 e. The summed E-state index contributed by atoms with van der Waals surface area (Å²) in [5.41, 5.74) is -0.701. The molecule has 1 rings (SSSR count). The van der Waals surface area contributed by atoms with Crippen LogP contribution < -0.4 is 0 Å². The molecule has 1 aromatic carbocycles. The lowest BCUT2D eigenvalue weighted by molar-refractivity contribution is 0.372. The van der Waals surface area contributed by atoms with Crippen LogP contribution in [0.1, 0.15) is 5.56 Å². The molecule has 0 spiro atoms. The monoisotopic (exact) mass is 341 g/mol. The summed E-state index contributed by atoms with van der Waals surface area (Å²) in [5, 5.41) is 0. The van der Waals surface area contributed by atoms with Crippen LogP contribution in [-0.2, 0) is 6.04 Å². The largest absolute Gasteiger partial charge is 0.348 e. The molecule has 0 fully saturated rings. The standard InChI is InChI=1S/C13H20F5NSi2/c1-19(20(2,3)4)21(5,6)7-8-9(14)11(16)13(18)12(17)10(8)15/h7H2,1-6H3. The van der Waals surface area contributed by atoms with Gasteiger partial charge in [-0.1, -0.05) is 32.7 Å². The van der Waals surface area contributed by atoms with Crippen LogP contribution in [0.3, 0.4) is 0 Å². The quantitative estimate of drug-likeness (QED) is 0.339. The van der Waals surface area contributed by atoms with Crippen LogP contribution in [0.25, 0.3) is 0 Å². The molecule has 0 saturated carbocycles. The Kier molecular flexibility index (Phi) is 5.06. The molecular formula is C13H20F5NSi2. The van der Waals surface area contributed by atoms with Crippen molar-refractivity contribution >= 4 is 16.5 Å². The highest BCUT2D eigenvalue weighted by molar-refractivity contribution is 6.89. The van der Waals surface area contributed by atoms with Gasteiger partial charge in [0.25, 0.3) is 0 Å². The lowest BCUT2D eigenvalue weighted by atomic mass is 10.2. The van der Waals surface area contributed by atoms with Crippen LogP contribution >= 0.6 is 0 Å². The van der Waals surface area contributed by atoms with E-state index in [9.17, 15) is 22.0 Å². The molecule has 0 heterocycles. The van der Waals surface area contributed by atoms with Crippen LogP contribution in [0.5, 0.6) is 0 Å². The molecule has 0 aliphatic rings. The van der Waals surface area contributed by atoms with E-state index in [1.54, 1.807) is 0 Å². The van der Waals surface area contributed by atoms with E-state index in [0.29, 0.717) is 0 Å². The first-order valence-electron chi connectivity index (χ1n) is 6.55. The fourth-order valence-corrected chi connectivity index (χ4v) is 11.2. The van der Waals surface area contributed by atoms with Gasteiger partial charge in [0.1, 0.15) is 16.5 Å². The van der Waals surface area contributed by atoms with Gasteiger partial charge in [0.05, 0.1) is 0 Å². The van der Waals surface area contributed by atoms with Gasteiger partial charge in [-0.05, 0) is 13.1 Å². The topological polar surface area (TPSA) is 3.24 Å². The Labute approximate surface area is 123 Å². The van der Waals surface area contributed by atoms with Gasteiger partial charge in [0.2, 0.25) is 5.82 Å². The predicted molar refractivity (Wildman–Crippen MR) is 78.5 cm³/mol. The molecule has 8 heteroatoms. The van der Waals surface area contributed by atoms with E-state index in [1.165, 1.54) is 0 Å². The van der Waals surface area contributed by atoms with Gasteiger partial charge < -0.3 is 4.23 Å². The molecule has 0 aliphatic carbocycles. The van der Waals surface area contributed by atoms with Crippen LogP contribution in [-0.4, -0.2) is 27.7 Å². The zero-order valence-corrected chi connectivity index (χ0v) is 15.0. The Hall–Kier alpha value is -0.736. The predicted octanol–water partition coefficient (Wildman–Crippen LogP) is 4.44. The maximum atomic E-state index is 13.8. The maximum absolute atomic E-state index is 13.8. The minimum atomic E-state index is -2.35. The van der Waals surface area contributed by atoms with Crippen LogP contribution in [0.15, 0.2) is 0 Å². The Balaban J connectivity index is 3.32. The van der Waals surface area contributed by atoms with Gasteiger partial charge >= 0.3 is 0 Å². The summed E-state index contributed by atoms with van der Waals surface area (Å²) in [5.74, 6) is -9.27. The second kappa shape index (κ2) is 5.81. The van der Waals surface area contributed by atoms with Crippen LogP contribution in [0, 0.1) is 29.1 Å². The van der Waals surface area contributed by atoms with Gasteiger partial charge in [0.15, 0.2) is 23.3 Å². The molecule has 0 aliphatic heterocycles. The van der Waals surface area contributed by atoms with Crippen molar-refractivity contribution in [3.63, 3.8) is 0 Å². The summed E-state index contributed by atoms with van der Waals surface area (Å²) in [6, 6.07) is -0.125. The summed E-state index contributed by atoms with van der Waals surface area (Å²) in [7, 11) is -2.22. The summed E-state index contributed by atoms with van der Waals surface area (Å²) in [6.07, 6.45) is 0. The maximum Gasteiger partial charge on any atom is 0.200 e. The molecule has 120 valence electrons. The van der Waals surface area contributed by atoms with Crippen molar-refractivity contribution in [2.24, 2.45) is 0 Å². The Morgan fingerprint density at radius 2 is 1.05 bits per heavy atom. The van der Waals surface area contributed by atoms with Crippen molar-refractivity contribution in [1.82, 2.24) is 4.23 Å². The third-order valence-electron chi connectivity index (χ3n) is 3.82. The van der Waals surface area contributed by atoms with E-state index in [1.807, 2.05) is 20.1 Å². The first-order valence-corrected chi connectivity index (χ1v) is 13.1. The number of benzene rings is 1. The molecule has 1 nitrogen and oxygen atoms in total. The summed E-state index contributed by atoms with van der Waals surface area (Å²) in [4.78, 5) is 0. The van der Waals surface area contributed by atoms with E-state index < -0.39 is 51.1 Å². The second-order valence-corrected chi connectivity index (χ2v) is 16.9. The highest BCUT2D eigenvalue weighted by Crippen LogP contribution is 2.28. The summed E-state index contributed by atoms with van der Waals surface area (Å²) >= 11 is 0. The van der Waals surface area contributed by atoms with E-state index in [-0.39, 0.29) is 6.04 Å². The zero-order valence-electron chi connectivity index (χ0n) is 13.0. The van der Waals surface area contributed by atoms with Crippen LogP contribution in [0.4, 0.5) is 22.0 Å². The Morgan fingerprint density at radius 3 is 1.38 bits per heavy atom. The Morgan fingerprint density at radius 1 is 0.714 bits per heavy atom. The van der Waals surface area contributed by atoms with Gasteiger partial charge in [-0.25, -0.2) is 22.0 Å². The zero-order chi connectivity index (χ0) is 16.7. The number of halogens is 5.